The average molecular weight is 260 g/mol. The van der Waals surface area contributed by atoms with Gasteiger partial charge in [-0.25, -0.2) is 0 Å². The predicted octanol–water partition coefficient (Wildman–Crippen LogP) is 1.54. The zero-order chi connectivity index (χ0) is 13.6. The van der Waals surface area contributed by atoms with Gasteiger partial charge in [0.2, 0.25) is 0 Å². The number of rotatable bonds is 2. The molecule has 1 saturated carbocycles. The van der Waals surface area contributed by atoms with Gasteiger partial charge in [-0.15, -0.1) is 0 Å². The summed E-state index contributed by atoms with van der Waals surface area (Å²) < 4.78 is 38.5. The normalized spacial score (nSPS) is 27.7. The Kier molecular flexibility index (Phi) is 2.81. The summed E-state index contributed by atoms with van der Waals surface area (Å²) in [6, 6.07) is 0.409. The fourth-order valence-corrected chi connectivity index (χ4v) is 2.37. The molecular formula is C11H11F3N2O2. The van der Waals surface area contributed by atoms with Crippen LogP contribution in [0.5, 0.6) is 0 Å². The van der Waals surface area contributed by atoms with Gasteiger partial charge in [-0.2, -0.15) is 13.2 Å². The minimum absolute atomic E-state index is 0.00287. The van der Waals surface area contributed by atoms with Crippen molar-refractivity contribution in [3.05, 3.63) is 29.6 Å². The summed E-state index contributed by atoms with van der Waals surface area (Å²) in [5.74, 6) is -1.29. The van der Waals surface area contributed by atoms with Crippen molar-refractivity contribution in [2.75, 3.05) is 0 Å². The largest absolute Gasteiger partial charge is 0.481 e. The molecule has 0 atom stereocenters. The maximum atomic E-state index is 12.8. The number of carboxylic acid groups (broad SMARTS) is 1. The van der Waals surface area contributed by atoms with Crippen LogP contribution < -0.4 is 5.73 Å². The second kappa shape index (κ2) is 3.94. The number of aliphatic carboxylic acids is 1. The van der Waals surface area contributed by atoms with E-state index in [0.29, 0.717) is 0 Å². The van der Waals surface area contributed by atoms with E-state index in [9.17, 15) is 23.1 Å². The Morgan fingerprint density at radius 1 is 1.50 bits per heavy atom. The molecule has 1 aromatic rings. The van der Waals surface area contributed by atoms with Crippen LogP contribution in [0.15, 0.2) is 18.5 Å². The number of nitrogens with zero attached hydrogens (tertiary/aromatic N) is 1. The van der Waals surface area contributed by atoms with Crippen molar-refractivity contribution in [1.82, 2.24) is 4.98 Å². The predicted molar refractivity (Wildman–Crippen MR) is 55.8 cm³/mol. The molecule has 0 aromatic carbocycles. The van der Waals surface area contributed by atoms with Crippen LogP contribution in [0.3, 0.4) is 0 Å². The molecule has 0 saturated heterocycles. The first kappa shape index (κ1) is 12.8. The molecule has 1 aliphatic carbocycles. The third-order valence-electron chi connectivity index (χ3n) is 3.27. The lowest BCUT2D eigenvalue weighted by molar-refractivity contribution is -0.150. The summed E-state index contributed by atoms with van der Waals surface area (Å²) in [6.07, 6.45) is -2.63. The van der Waals surface area contributed by atoms with Crippen LogP contribution in [0.4, 0.5) is 13.2 Å². The van der Waals surface area contributed by atoms with Gasteiger partial charge in [-0.1, -0.05) is 0 Å². The number of hydrogen-bond donors (Lipinski definition) is 2. The third-order valence-corrected chi connectivity index (χ3v) is 3.27. The topological polar surface area (TPSA) is 76.2 Å². The van der Waals surface area contributed by atoms with E-state index in [2.05, 4.69) is 4.98 Å². The molecule has 0 bridgehead atoms. The maximum Gasteiger partial charge on any atom is 0.416 e. The van der Waals surface area contributed by atoms with Gasteiger partial charge in [0, 0.05) is 24.0 Å². The second-order valence-corrected chi connectivity index (χ2v) is 4.47. The highest BCUT2D eigenvalue weighted by Crippen LogP contribution is 2.47. The van der Waals surface area contributed by atoms with E-state index >= 15 is 0 Å². The Morgan fingerprint density at radius 2 is 2.11 bits per heavy atom. The summed E-state index contributed by atoms with van der Waals surface area (Å²) >= 11 is 0. The molecule has 0 amide bonds. The van der Waals surface area contributed by atoms with E-state index in [-0.39, 0.29) is 24.4 Å². The van der Waals surface area contributed by atoms with Crippen molar-refractivity contribution in [2.45, 2.75) is 30.5 Å². The van der Waals surface area contributed by atoms with Gasteiger partial charge in [-0.05, 0) is 18.9 Å². The van der Waals surface area contributed by atoms with Crippen molar-refractivity contribution < 1.29 is 23.1 Å². The summed E-state index contributed by atoms with van der Waals surface area (Å²) in [5.41, 5.74) is 2.71. The highest BCUT2D eigenvalue weighted by molar-refractivity contribution is 5.83. The number of nitrogens with two attached hydrogens (primary N) is 1. The fourth-order valence-electron chi connectivity index (χ4n) is 2.37. The lowest BCUT2D eigenvalue weighted by Gasteiger charge is -2.43. The number of pyridine rings is 1. The van der Waals surface area contributed by atoms with Gasteiger partial charge in [0.1, 0.15) is 0 Å². The van der Waals surface area contributed by atoms with E-state index in [4.69, 9.17) is 5.73 Å². The number of halogens is 3. The Bertz CT molecular complexity index is 481. The molecule has 0 unspecified atom stereocenters. The number of carbonyl (C=O) groups is 1. The minimum atomic E-state index is -4.60. The standard InChI is InChI=1S/C11H11F3N2O2/c12-11(13,14)7-1-2-16-5-8(7)10(9(17)18)3-6(15)4-10/h1-2,5-6H,3-4,15H2,(H,17,18). The van der Waals surface area contributed by atoms with Gasteiger partial charge >= 0.3 is 12.1 Å². The molecule has 2 rings (SSSR count). The molecular weight excluding hydrogens is 249 g/mol. The Labute approximate surface area is 101 Å². The highest BCUT2D eigenvalue weighted by atomic mass is 19.4. The van der Waals surface area contributed by atoms with Crippen LogP contribution >= 0.6 is 0 Å². The SMILES string of the molecule is NC1CC(C(=O)O)(c2cnccc2C(F)(F)F)C1. The van der Waals surface area contributed by atoms with E-state index in [1.165, 1.54) is 0 Å². The van der Waals surface area contributed by atoms with Gasteiger partial charge in [0.05, 0.1) is 11.0 Å². The van der Waals surface area contributed by atoms with Gasteiger partial charge in [-0.3, -0.25) is 9.78 Å². The molecule has 4 nitrogen and oxygen atoms in total. The van der Waals surface area contributed by atoms with E-state index in [1.807, 2.05) is 0 Å². The lowest BCUT2D eigenvalue weighted by Crippen LogP contribution is -2.54. The van der Waals surface area contributed by atoms with E-state index in [0.717, 1.165) is 18.5 Å². The molecule has 3 N–H and O–H groups in total. The molecule has 1 aromatic heterocycles. The smallest absolute Gasteiger partial charge is 0.416 e. The van der Waals surface area contributed by atoms with Gasteiger partial charge < -0.3 is 10.8 Å². The quantitative estimate of drug-likeness (QED) is 0.845. The van der Waals surface area contributed by atoms with Crippen LogP contribution in [0.2, 0.25) is 0 Å². The van der Waals surface area contributed by atoms with Gasteiger partial charge in [0.25, 0.3) is 0 Å². The molecule has 1 fully saturated rings. The third kappa shape index (κ3) is 1.84. The van der Waals surface area contributed by atoms with E-state index in [1.54, 1.807) is 0 Å². The minimum Gasteiger partial charge on any atom is -0.481 e. The van der Waals surface area contributed by atoms with Crippen molar-refractivity contribution >= 4 is 5.97 Å². The summed E-state index contributed by atoms with van der Waals surface area (Å²) in [7, 11) is 0. The summed E-state index contributed by atoms with van der Waals surface area (Å²) in [5, 5.41) is 9.19. The zero-order valence-electron chi connectivity index (χ0n) is 9.24. The number of hydrogen-bond acceptors (Lipinski definition) is 3. The van der Waals surface area contributed by atoms with Gasteiger partial charge in [0.15, 0.2) is 0 Å². The summed E-state index contributed by atoms with van der Waals surface area (Å²) in [6.45, 7) is 0. The first-order chi connectivity index (χ1) is 8.27. The fraction of sp³-hybridized carbons (Fsp3) is 0.455. The Hall–Kier alpha value is -1.63. The van der Waals surface area contributed by atoms with Crippen molar-refractivity contribution in [3.63, 3.8) is 0 Å². The lowest BCUT2D eigenvalue weighted by atomic mass is 9.61. The molecule has 98 valence electrons. The van der Waals surface area contributed by atoms with Crippen molar-refractivity contribution in [1.29, 1.82) is 0 Å². The van der Waals surface area contributed by atoms with Crippen LogP contribution in [0.1, 0.15) is 24.0 Å². The van der Waals surface area contributed by atoms with Crippen LogP contribution in [0.25, 0.3) is 0 Å². The molecule has 7 heteroatoms. The molecule has 0 radical (unpaired) electrons. The molecule has 0 spiro atoms. The number of carboxylic acids is 1. The highest BCUT2D eigenvalue weighted by Gasteiger charge is 2.54. The van der Waals surface area contributed by atoms with Crippen LogP contribution in [-0.4, -0.2) is 22.1 Å². The van der Waals surface area contributed by atoms with Crippen LogP contribution in [-0.2, 0) is 16.4 Å². The Balaban J connectivity index is 2.54. The van der Waals surface area contributed by atoms with Crippen molar-refractivity contribution in [3.8, 4) is 0 Å². The average Bonchev–Trinajstić information content (AvgIpc) is 2.23. The molecule has 1 aliphatic rings. The molecule has 1 heterocycles. The van der Waals surface area contributed by atoms with E-state index < -0.39 is 23.1 Å². The first-order valence-electron chi connectivity index (χ1n) is 5.28. The van der Waals surface area contributed by atoms with Crippen molar-refractivity contribution in [2.24, 2.45) is 5.73 Å². The monoisotopic (exact) mass is 260 g/mol. The Morgan fingerprint density at radius 3 is 2.56 bits per heavy atom. The number of alkyl halides is 3. The summed E-state index contributed by atoms with van der Waals surface area (Å²) in [4.78, 5) is 14.9. The number of aromatic nitrogens is 1. The first-order valence-corrected chi connectivity index (χ1v) is 5.28. The maximum absolute atomic E-state index is 12.8. The second-order valence-electron chi connectivity index (χ2n) is 4.47. The zero-order valence-corrected chi connectivity index (χ0v) is 9.24. The molecule has 18 heavy (non-hydrogen) atoms. The van der Waals surface area contributed by atoms with Crippen LogP contribution in [0, 0.1) is 0 Å². The molecule has 0 aliphatic heterocycles.